The third kappa shape index (κ3) is 4.21. The van der Waals surface area contributed by atoms with Gasteiger partial charge in [0.2, 0.25) is 5.60 Å². The number of hydrogen-bond acceptors (Lipinski definition) is 4. The molecule has 0 aromatic heterocycles. The van der Waals surface area contributed by atoms with Crippen LogP contribution in [0.3, 0.4) is 0 Å². The first-order valence-electron chi connectivity index (χ1n) is 6.96. The molecule has 2 N–H and O–H groups in total. The molecule has 6 heteroatoms. The highest BCUT2D eigenvalue weighted by Gasteiger charge is 2.52. The number of amides is 1. The summed E-state index contributed by atoms with van der Waals surface area (Å²) in [4.78, 5) is 23.7. The van der Waals surface area contributed by atoms with E-state index in [9.17, 15) is 9.59 Å². The minimum atomic E-state index is -1.62. The highest BCUT2D eigenvalue weighted by Crippen LogP contribution is 2.35. The number of benzene rings is 1. The number of methoxy groups -OCH3 is 1. The molecular formula is C16H23NO5. The number of carboxylic acid groups (broad SMARTS) is 1. The highest BCUT2D eigenvalue weighted by atomic mass is 16.7. The maximum Gasteiger partial charge on any atom is 0.506 e. The van der Waals surface area contributed by atoms with Crippen LogP contribution in [0.4, 0.5) is 4.79 Å². The van der Waals surface area contributed by atoms with Crippen molar-refractivity contribution in [3.05, 3.63) is 35.9 Å². The van der Waals surface area contributed by atoms with Gasteiger partial charge >= 0.3 is 6.16 Å². The minimum Gasteiger partial charge on any atom is -0.450 e. The summed E-state index contributed by atoms with van der Waals surface area (Å²) in [5.41, 5.74) is -1.49. The van der Waals surface area contributed by atoms with Crippen molar-refractivity contribution in [3.8, 4) is 0 Å². The SMILES string of the molecule is COC[C@@](OC(=O)O)(C(=O)NCc1ccccc1)C(C)(C)C. The molecule has 122 valence electrons. The molecule has 1 rings (SSSR count). The van der Waals surface area contributed by atoms with E-state index in [0.717, 1.165) is 5.56 Å². The summed E-state index contributed by atoms with van der Waals surface area (Å²) < 4.78 is 10.0. The fourth-order valence-corrected chi connectivity index (χ4v) is 2.12. The van der Waals surface area contributed by atoms with Crippen molar-refractivity contribution in [2.45, 2.75) is 32.9 Å². The van der Waals surface area contributed by atoms with Crippen molar-refractivity contribution >= 4 is 12.1 Å². The molecule has 0 aliphatic rings. The molecule has 0 radical (unpaired) electrons. The van der Waals surface area contributed by atoms with E-state index in [0.29, 0.717) is 0 Å². The van der Waals surface area contributed by atoms with Crippen molar-refractivity contribution in [1.82, 2.24) is 5.32 Å². The van der Waals surface area contributed by atoms with Crippen molar-refractivity contribution in [3.63, 3.8) is 0 Å². The fourth-order valence-electron chi connectivity index (χ4n) is 2.12. The second-order valence-corrected chi connectivity index (χ2v) is 6.05. The molecule has 0 saturated heterocycles. The van der Waals surface area contributed by atoms with Crippen LogP contribution in [0.15, 0.2) is 30.3 Å². The van der Waals surface area contributed by atoms with Crippen molar-refractivity contribution in [1.29, 1.82) is 0 Å². The zero-order valence-electron chi connectivity index (χ0n) is 13.4. The predicted octanol–water partition coefficient (Wildman–Crippen LogP) is 2.43. The molecule has 22 heavy (non-hydrogen) atoms. The Kier molecular flexibility index (Phi) is 5.93. The Labute approximate surface area is 130 Å². The average Bonchev–Trinajstić information content (AvgIpc) is 2.43. The molecule has 1 atom stereocenters. The van der Waals surface area contributed by atoms with E-state index >= 15 is 0 Å². The number of nitrogens with one attached hydrogen (secondary N) is 1. The van der Waals surface area contributed by atoms with Crippen LogP contribution >= 0.6 is 0 Å². The largest absolute Gasteiger partial charge is 0.506 e. The zero-order valence-corrected chi connectivity index (χ0v) is 13.4. The zero-order chi connectivity index (χ0) is 16.8. The van der Waals surface area contributed by atoms with Gasteiger partial charge in [-0.2, -0.15) is 0 Å². The Morgan fingerprint density at radius 3 is 2.23 bits per heavy atom. The van der Waals surface area contributed by atoms with E-state index in [2.05, 4.69) is 5.32 Å². The van der Waals surface area contributed by atoms with E-state index in [-0.39, 0.29) is 13.2 Å². The molecule has 0 bridgehead atoms. The molecule has 0 aliphatic carbocycles. The third-order valence-electron chi connectivity index (χ3n) is 3.48. The fraction of sp³-hybridized carbons (Fsp3) is 0.500. The number of ether oxygens (including phenoxy) is 2. The first-order valence-corrected chi connectivity index (χ1v) is 6.96. The summed E-state index contributed by atoms with van der Waals surface area (Å²) in [6.45, 7) is 5.32. The van der Waals surface area contributed by atoms with Gasteiger partial charge in [-0.15, -0.1) is 0 Å². The molecule has 1 aromatic rings. The summed E-state index contributed by atoms with van der Waals surface area (Å²) in [7, 11) is 1.40. The number of carbonyl (C=O) groups is 2. The molecule has 6 nitrogen and oxygen atoms in total. The van der Waals surface area contributed by atoms with Gasteiger partial charge in [0.05, 0.1) is 6.61 Å². The maximum atomic E-state index is 12.6. The van der Waals surface area contributed by atoms with E-state index in [1.807, 2.05) is 30.3 Å². The maximum absolute atomic E-state index is 12.6. The Hall–Kier alpha value is -2.08. The minimum absolute atomic E-state index is 0.163. The molecule has 1 amide bonds. The molecule has 0 unspecified atom stereocenters. The second-order valence-electron chi connectivity index (χ2n) is 6.05. The van der Waals surface area contributed by atoms with Gasteiger partial charge in [0, 0.05) is 19.1 Å². The normalized spacial score (nSPS) is 14.0. The number of hydrogen-bond donors (Lipinski definition) is 2. The molecule has 0 aliphatic heterocycles. The standard InChI is InChI=1S/C16H23NO5/c1-15(2,3)16(11-21-4,22-14(19)20)13(18)17-10-12-8-6-5-7-9-12/h5-9H,10-11H2,1-4H3,(H,17,18)(H,19,20)/t16-/m1/s1. The highest BCUT2D eigenvalue weighted by molar-refractivity contribution is 5.88. The predicted molar refractivity (Wildman–Crippen MR) is 81.5 cm³/mol. The quantitative estimate of drug-likeness (QED) is 0.788. The lowest BCUT2D eigenvalue weighted by Gasteiger charge is -2.40. The number of rotatable bonds is 6. The molecule has 0 fully saturated rings. The summed E-state index contributed by atoms with van der Waals surface area (Å²) in [5, 5.41) is 11.7. The molecule has 0 spiro atoms. The lowest BCUT2D eigenvalue weighted by molar-refractivity contribution is -0.166. The molecule has 0 saturated carbocycles. The molecular weight excluding hydrogens is 286 g/mol. The van der Waals surface area contributed by atoms with Gasteiger partial charge in [0.25, 0.3) is 5.91 Å². The van der Waals surface area contributed by atoms with Gasteiger partial charge in [0.1, 0.15) is 0 Å². The van der Waals surface area contributed by atoms with Crippen LogP contribution in [-0.4, -0.2) is 36.5 Å². The topological polar surface area (TPSA) is 84.9 Å². The molecule has 0 heterocycles. The summed E-state index contributed by atoms with van der Waals surface area (Å²) in [6, 6.07) is 9.34. The van der Waals surface area contributed by atoms with E-state index in [4.69, 9.17) is 14.6 Å². The van der Waals surface area contributed by atoms with Crippen molar-refractivity contribution in [2.75, 3.05) is 13.7 Å². The van der Waals surface area contributed by atoms with Gasteiger partial charge in [-0.1, -0.05) is 51.1 Å². The third-order valence-corrected chi connectivity index (χ3v) is 3.48. The van der Waals surface area contributed by atoms with Crippen molar-refractivity contribution in [2.24, 2.45) is 5.41 Å². The van der Waals surface area contributed by atoms with Gasteiger partial charge in [-0.05, 0) is 5.56 Å². The Morgan fingerprint density at radius 2 is 1.77 bits per heavy atom. The van der Waals surface area contributed by atoms with Crippen LogP contribution in [0.2, 0.25) is 0 Å². The first kappa shape index (κ1) is 18.0. The van der Waals surface area contributed by atoms with Crippen LogP contribution in [0.25, 0.3) is 0 Å². The Morgan fingerprint density at radius 1 is 1.18 bits per heavy atom. The van der Waals surface area contributed by atoms with Crippen LogP contribution in [0, 0.1) is 5.41 Å². The van der Waals surface area contributed by atoms with Crippen LogP contribution in [-0.2, 0) is 20.8 Å². The Balaban J connectivity index is 2.98. The summed E-state index contributed by atoms with van der Waals surface area (Å²) >= 11 is 0. The van der Waals surface area contributed by atoms with Crippen LogP contribution in [0.5, 0.6) is 0 Å². The first-order chi connectivity index (χ1) is 10.2. The van der Waals surface area contributed by atoms with Crippen molar-refractivity contribution < 1.29 is 24.2 Å². The number of carbonyl (C=O) groups excluding carboxylic acids is 1. The Bertz CT molecular complexity index is 509. The van der Waals surface area contributed by atoms with E-state index in [1.54, 1.807) is 20.8 Å². The molecule has 1 aromatic carbocycles. The van der Waals surface area contributed by atoms with Gasteiger partial charge in [-0.25, -0.2) is 4.79 Å². The van der Waals surface area contributed by atoms with Crippen LogP contribution in [0.1, 0.15) is 26.3 Å². The summed E-state index contributed by atoms with van der Waals surface area (Å²) in [5.74, 6) is -0.520. The smallest absolute Gasteiger partial charge is 0.450 e. The average molecular weight is 309 g/mol. The van der Waals surface area contributed by atoms with Gasteiger partial charge in [0.15, 0.2) is 0 Å². The lowest BCUT2D eigenvalue weighted by Crippen LogP contribution is -2.60. The van der Waals surface area contributed by atoms with Crippen LogP contribution < -0.4 is 5.32 Å². The van der Waals surface area contributed by atoms with E-state index in [1.165, 1.54) is 7.11 Å². The summed E-state index contributed by atoms with van der Waals surface area (Å²) in [6.07, 6.45) is -1.51. The lowest BCUT2D eigenvalue weighted by atomic mass is 9.76. The monoisotopic (exact) mass is 309 g/mol. The van der Waals surface area contributed by atoms with E-state index < -0.39 is 23.1 Å². The van der Waals surface area contributed by atoms with Gasteiger partial charge in [-0.3, -0.25) is 4.79 Å². The second kappa shape index (κ2) is 7.26. The van der Waals surface area contributed by atoms with Gasteiger partial charge < -0.3 is 19.9 Å².